The second kappa shape index (κ2) is 6.94. The van der Waals surface area contributed by atoms with Gasteiger partial charge in [-0.2, -0.15) is 4.52 Å². The van der Waals surface area contributed by atoms with Crippen LogP contribution < -0.4 is 9.80 Å². The molecular weight excluding hydrogens is 353 g/mol. The molecule has 1 saturated heterocycles. The molecule has 3 heterocycles. The fraction of sp³-hybridized carbons (Fsp3) is 0.444. The van der Waals surface area contributed by atoms with Gasteiger partial charge in [-0.15, -0.1) is 5.10 Å². The van der Waals surface area contributed by atoms with E-state index in [1.54, 1.807) is 17.9 Å². The number of thiazole rings is 1. The number of benzene rings is 1. The zero-order valence-electron chi connectivity index (χ0n) is 15.0. The number of aromatic hydroxyl groups is 1. The lowest BCUT2D eigenvalue weighted by atomic mass is 10.0. The predicted octanol–water partition coefficient (Wildman–Crippen LogP) is -0.163. The third-order valence-electron chi connectivity index (χ3n) is 5.29. The maximum absolute atomic E-state index is 14.7. The molecule has 26 heavy (non-hydrogen) atoms. The summed E-state index contributed by atoms with van der Waals surface area (Å²) in [6.07, 6.45) is 0. The average molecular weight is 377 g/mol. The van der Waals surface area contributed by atoms with Crippen molar-refractivity contribution in [2.75, 3.05) is 32.7 Å². The standard InChI is InChI=1S/C18H22FN5OS/c1-3-22-8-10-23(11-9-22)15(13-6-4-5-7-14(13)19)16-17(25)24-18(26-16)20-12(2)21-24/h4-7,15,25H,3,8-11H2,1-2H3/p+2/t15-/m0/s1. The Morgan fingerprint density at radius 3 is 2.65 bits per heavy atom. The number of likely N-dealkylation sites (N-methyl/N-ethyl adjacent to an activating group) is 1. The Kier molecular flexibility index (Phi) is 4.64. The topological polar surface area (TPSA) is 59.3 Å². The molecule has 8 heteroatoms. The summed E-state index contributed by atoms with van der Waals surface area (Å²) in [7, 11) is 0. The number of halogens is 1. The number of quaternary nitrogens is 2. The lowest BCUT2D eigenvalue weighted by Crippen LogP contribution is -3.28. The quantitative estimate of drug-likeness (QED) is 0.592. The molecule has 3 aromatic rings. The third kappa shape index (κ3) is 2.98. The molecule has 1 fully saturated rings. The minimum atomic E-state index is -0.247. The molecule has 6 nitrogen and oxygen atoms in total. The van der Waals surface area contributed by atoms with Crippen LogP contribution >= 0.6 is 11.3 Å². The zero-order valence-corrected chi connectivity index (χ0v) is 15.8. The zero-order chi connectivity index (χ0) is 18.3. The SMILES string of the molecule is CC[NH+]1CC[NH+]([C@@H](c2ccccc2F)c2sc3nc(C)nn3c2O)CC1. The minimum Gasteiger partial charge on any atom is -0.492 e. The van der Waals surface area contributed by atoms with E-state index >= 15 is 0 Å². The molecule has 1 aliphatic heterocycles. The summed E-state index contributed by atoms with van der Waals surface area (Å²) in [5, 5.41) is 15.0. The van der Waals surface area contributed by atoms with Gasteiger partial charge >= 0.3 is 0 Å². The van der Waals surface area contributed by atoms with Crippen LogP contribution in [0.4, 0.5) is 4.39 Å². The van der Waals surface area contributed by atoms with E-state index in [-0.39, 0.29) is 17.7 Å². The number of hydrogen-bond donors (Lipinski definition) is 3. The van der Waals surface area contributed by atoms with E-state index in [9.17, 15) is 9.50 Å². The fourth-order valence-corrected chi connectivity index (χ4v) is 5.04. The van der Waals surface area contributed by atoms with Gasteiger partial charge in [-0.1, -0.05) is 23.5 Å². The number of nitrogens with one attached hydrogen (secondary N) is 2. The molecule has 0 bridgehead atoms. The van der Waals surface area contributed by atoms with E-state index in [1.807, 2.05) is 12.1 Å². The van der Waals surface area contributed by atoms with Gasteiger partial charge in [-0.3, -0.25) is 0 Å². The number of piperazine rings is 1. The smallest absolute Gasteiger partial charge is 0.235 e. The van der Waals surface area contributed by atoms with Crippen LogP contribution in [0.25, 0.3) is 4.96 Å². The molecule has 138 valence electrons. The van der Waals surface area contributed by atoms with Gasteiger partial charge in [0.2, 0.25) is 10.8 Å². The average Bonchev–Trinajstić information content (AvgIpc) is 3.15. The van der Waals surface area contributed by atoms with E-state index in [0.29, 0.717) is 16.3 Å². The Labute approximate surface area is 155 Å². The van der Waals surface area contributed by atoms with Gasteiger partial charge in [-0.05, 0) is 26.0 Å². The number of aryl methyl sites for hydroxylation is 1. The Hall–Kier alpha value is -2.03. The van der Waals surface area contributed by atoms with Crippen molar-refractivity contribution < 1.29 is 19.3 Å². The largest absolute Gasteiger partial charge is 0.492 e. The normalized spacial score (nSPS) is 22.0. The van der Waals surface area contributed by atoms with Crippen LogP contribution in [-0.2, 0) is 0 Å². The Bertz CT molecular complexity index is 916. The minimum absolute atomic E-state index is 0.0802. The number of rotatable bonds is 4. The highest BCUT2D eigenvalue weighted by Crippen LogP contribution is 2.35. The van der Waals surface area contributed by atoms with E-state index in [4.69, 9.17) is 0 Å². The van der Waals surface area contributed by atoms with Crippen LogP contribution in [0.3, 0.4) is 0 Å². The maximum Gasteiger partial charge on any atom is 0.235 e. The first kappa shape index (κ1) is 17.4. The summed E-state index contributed by atoms with van der Waals surface area (Å²) in [5.74, 6) is 0.467. The summed E-state index contributed by atoms with van der Waals surface area (Å²) >= 11 is 1.40. The number of hydrogen-bond acceptors (Lipinski definition) is 4. The summed E-state index contributed by atoms with van der Waals surface area (Å²) < 4.78 is 16.1. The first-order valence-electron chi connectivity index (χ1n) is 9.06. The van der Waals surface area contributed by atoms with Crippen LogP contribution in [0.5, 0.6) is 5.88 Å². The van der Waals surface area contributed by atoms with Crippen LogP contribution in [0.15, 0.2) is 24.3 Å². The van der Waals surface area contributed by atoms with Crippen molar-refractivity contribution >= 4 is 16.3 Å². The first-order chi connectivity index (χ1) is 12.6. The van der Waals surface area contributed by atoms with E-state index < -0.39 is 0 Å². The summed E-state index contributed by atoms with van der Waals surface area (Å²) in [4.78, 5) is 8.60. The van der Waals surface area contributed by atoms with Crippen molar-refractivity contribution in [3.63, 3.8) is 0 Å². The van der Waals surface area contributed by atoms with Gasteiger partial charge < -0.3 is 14.9 Å². The van der Waals surface area contributed by atoms with E-state index in [0.717, 1.165) is 37.6 Å². The van der Waals surface area contributed by atoms with E-state index in [2.05, 4.69) is 17.0 Å². The lowest BCUT2D eigenvalue weighted by Gasteiger charge is -2.34. The number of fused-ring (bicyclic) bond motifs is 1. The van der Waals surface area contributed by atoms with Crippen LogP contribution in [0, 0.1) is 12.7 Å². The van der Waals surface area contributed by atoms with Crippen molar-refractivity contribution in [2.45, 2.75) is 19.9 Å². The maximum atomic E-state index is 14.7. The molecule has 4 rings (SSSR count). The van der Waals surface area contributed by atoms with Gasteiger partial charge in [0.15, 0.2) is 6.04 Å². The van der Waals surface area contributed by atoms with Crippen molar-refractivity contribution in [3.8, 4) is 5.88 Å². The molecule has 2 aromatic heterocycles. The van der Waals surface area contributed by atoms with Crippen molar-refractivity contribution in [2.24, 2.45) is 0 Å². The Balaban J connectivity index is 1.78. The number of aromatic nitrogens is 3. The summed E-state index contributed by atoms with van der Waals surface area (Å²) in [6.45, 7) is 9.09. The molecule has 0 aliphatic carbocycles. The number of nitrogens with zero attached hydrogens (tertiary/aromatic N) is 3. The second-order valence-corrected chi connectivity index (χ2v) is 7.87. The van der Waals surface area contributed by atoms with Crippen LogP contribution in [0.1, 0.15) is 29.2 Å². The molecule has 1 atom stereocenters. The summed E-state index contributed by atoms with van der Waals surface area (Å²) in [5.41, 5.74) is 0.624. The van der Waals surface area contributed by atoms with Crippen LogP contribution in [0.2, 0.25) is 0 Å². The third-order valence-corrected chi connectivity index (χ3v) is 6.38. The highest BCUT2D eigenvalue weighted by molar-refractivity contribution is 7.17. The van der Waals surface area contributed by atoms with Crippen molar-refractivity contribution in [1.82, 2.24) is 14.6 Å². The van der Waals surface area contributed by atoms with Gasteiger partial charge in [0.25, 0.3) is 0 Å². The molecule has 0 spiro atoms. The monoisotopic (exact) mass is 377 g/mol. The molecule has 1 aliphatic rings. The Morgan fingerprint density at radius 2 is 2.00 bits per heavy atom. The second-order valence-electron chi connectivity index (χ2n) is 6.86. The molecule has 0 radical (unpaired) electrons. The van der Waals surface area contributed by atoms with Crippen molar-refractivity contribution in [3.05, 3.63) is 46.3 Å². The molecule has 0 amide bonds. The van der Waals surface area contributed by atoms with E-state index in [1.165, 1.54) is 26.8 Å². The highest BCUT2D eigenvalue weighted by atomic mass is 32.1. The van der Waals surface area contributed by atoms with Crippen molar-refractivity contribution in [1.29, 1.82) is 0 Å². The molecule has 3 N–H and O–H groups in total. The molecule has 0 saturated carbocycles. The Morgan fingerprint density at radius 1 is 1.27 bits per heavy atom. The van der Waals surface area contributed by atoms with Gasteiger partial charge in [0, 0.05) is 0 Å². The lowest BCUT2D eigenvalue weighted by molar-refractivity contribution is -1.02. The molecule has 0 unspecified atom stereocenters. The molecular formula is C18H24FN5OS+2. The van der Waals surface area contributed by atoms with Gasteiger partial charge in [-0.25, -0.2) is 9.37 Å². The summed E-state index contributed by atoms with van der Waals surface area (Å²) in [6, 6.07) is 6.64. The predicted molar refractivity (Wildman–Crippen MR) is 97.4 cm³/mol. The van der Waals surface area contributed by atoms with Gasteiger partial charge in [0.1, 0.15) is 42.7 Å². The highest BCUT2D eigenvalue weighted by Gasteiger charge is 2.37. The fourth-order valence-electron chi connectivity index (χ4n) is 3.86. The molecule has 1 aromatic carbocycles. The first-order valence-corrected chi connectivity index (χ1v) is 9.87. The van der Waals surface area contributed by atoms with Gasteiger partial charge in [0.05, 0.1) is 12.1 Å². The van der Waals surface area contributed by atoms with Crippen LogP contribution in [-0.4, -0.2) is 52.4 Å².